The van der Waals surface area contributed by atoms with Crippen LogP contribution in [0.3, 0.4) is 0 Å². The highest BCUT2D eigenvalue weighted by Crippen LogP contribution is 2.40. The first-order valence-corrected chi connectivity index (χ1v) is 8.50. The van der Waals surface area contributed by atoms with Crippen LogP contribution in [0.15, 0.2) is 0 Å². The van der Waals surface area contributed by atoms with Gasteiger partial charge in [-0.15, -0.1) is 10.2 Å². The van der Waals surface area contributed by atoms with E-state index >= 15 is 0 Å². The van der Waals surface area contributed by atoms with E-state index in [9.17, 15) is 9.59 Å². The van der Waals surface area contributed by atoms with E-state index in [0.717, 1.165) is 45.3 Å². The maximum atomic E-state index is 12.3. The van der Waals surface area contributed by atoms with Crippen molar-refractivity contribution in [2.24, 2.45) is 5.41 Å². The molecule has 0 radical (unpaired) electrons. The van der Waals surface area contributed by atoms with Crippen LogP contribution in [0, 0.1) is 5.41 Å². The number of likely N-dealkylation sites (tertiary alicyclic amines) is 1. The quantitative estimate of drug-likeness (QED) is 0.828. The minimum atomic E-state index is 0.0915. The van der Waals surface area contributed by atoms with E-state index in [-0.39, 0.29) is 23.7 Å². The van der Waals surface area contributed by atoms with Crippen LogP contribution in [0.4, 0.5) is 5.13 Å². The van der Waals surface area contributed by atoms with E-state index in [1.807, 2.05) is 4.90 Å². The third kappa shape index (κ3) is 3.37. The molecule has 2 fully saturated rings. The predicted octanol–water partition coefficient (Wildman–Crippen LogP) is 0.572. The third-order valence-corrected chi connectivity index (χ3v) is 5.57. The summed E-state index contributed by atoms with van der Waals surface area (Å²) in [5.74, 6) is 0.248. The van der Waals surface area contributed by atoms with Crippen molar-refractivity contribution >= 4 is 28.3 Å². The molecule has 7 nitrogen and oxygen atoms in total. The molecular formula is C14H21N5O2S. The number of nitrogen functional groups attached to an aromatic ring is 1. The Morgan fingerprint density at radius 2 is 2.05 bits per heavy atom. The average molecular weight is 323 g/mol. The molecule has 2 aliphatic rings. The van der Waals surface area contributed by atoms with Gasteiger partial charge in [-0.3, -0.25) is 9.59 Å². The van der Waals surface area contributed by atoms with Crippen LogP contribution in [-0.2, 0) is 16.0 Å². The minimum Gasteiger partial charge on any atom is -0.374 e. The zero-order chi connectivity index (χ0) is 15.6. The van der Waals surface area contributed by atoms with Crippen molar-refractivity contribution in [1.82, 2.24) is 20.4 Å². The molecule has 3 heterocycles. The molecular weight excluding hydrogens is 302 g/mol. The molecule has 120 valence electrons. The molecule has 0 aliphatic carbocycles. The molecule has 2 saturated heterocycles. The largest absolute Gasteiger partial charge is 0.374 e. The third-order valence-electron chi connectivity index (χ3n) is 4.82. The van der Waals surface area contributed by atoms with E-state index in [1.54, 1.807) is 0 Å². The van der Waals surface area contributed by atoms with Gasteiger partial charge >= 0.3 is 0 Å². The molecule has 3 N–H and O–H groups in total. The normalized spacial score (nSPS) is 21.5. The molecule has 2 amide bonds. The minimum absolute atomic E-state index is 0.0915. The Kier molecular flexibility index (Phi) is 4.28. The van der Waals surface area contributed by atoms with Crippen molar-refractivity contribution in [2.75, 3.05) is 25.4 Å². The number of rotatable bonds is 2. The van der Waals surface area contributed by atoms with Gasteiger partial charge in [0.25, 0.3) is 0 Å². The zero-order valence-corrected chi connectivity index (χ0v) is 13.3. The summed E-state index contributed by atoms with van der Waals surface area (Å²) in [5.41, 5.74) is 5.76. The standard InChI is InChI=1S/C14H21N5O2S/c15-13-18-17-11(22-13)9-12(21)19-7-4-14(5-8-19)2-1-10(20)16-6-3-14/h1-9H2,(H2,15,18)(H,16,20). The fourth-order valence-corrected chi connectivity index (χ4v) is 3.97. The van der Waals surface area contributed by atoms with Gasteiger partial charge in [0.1, 0.15) is 5.01 Å². The van der Waals surface area contributed by atoms with E-state index in [4.69, 9.17) is 5.73 Å². The summed E-state index contributed by atoms with van der Waals surface area (Å²) in [7, 11) is 0. The molecule has 22 heavy (non-hydrogen) atoms. The van der Waals surface area contributed by atoms with Gasteiger partial charge < -0.3 is 16.0 Å². The van der Waals surface area contributed by atoms with Crippen molar-refractivity contribution in [3.63, 3.8) is 0 Å². The van der Waals surface area contributed by atoms with E-state index < -0.39 is 0 Å². The number of piperidine rings is 1. The lowest BCUT2D eigenvalue weighted by atomic mass is 9.73. The lowest BCUT2D eigenvalue weighted by Crippen LogP contribution is -2.44. The Bertz CT molecular complexity index is 565. The first kappa shape index (κ1) is 15.2. The summed E-state index contributed by atoms with van der Waals surface area (Å²) in [6, 6.07) is 0. The monoisotopic (exact) mass is 323 g/mol. The summed E-state index contributed by atoms with van der Waals surface area (Å²) in [6.07, 6.45) is 4.80. The van der Waals surface area contributed by atoms with Crippen LogP contribution in [-0.4, -0.2) is 46.5 Å². The van der Waals surface area contributed by atoms with Gasteiger partial charge in [0.15, 0.2) is 0 Å². The van der Waals surface area contributed by atoms with Crippen LogP contribution in [0.2, 0.25) is 0 Å². The Morgan fingerprint density at radius 1 is 1.27 bits per heavy atom. The van der Waals surface area contributed by atoms with Gasteiger partial charge in [-0.25, -0.2) is 0 Å². The number of hydrogen-bond donors (Lipinski definition) is 2. The topological polar surface area (TPSA) is 101 Å². The van der Waals surface area contributed by atoms with Crippen molar-refractivity contribution in [1.29, 1.82) is 0 Å². The van der Waals surface area contributed by atoms with Crippen molar-refractivity contribution < 1.29 is 9.59 Å². The number of nitrogens with two attached hydrogens (primary N) is 1. The molecule has 0 aromatic carbocycles. The Balaban J connectivity index is 1.54. The summed E-state index contributed by atoms with van der Waals surface area (Å²) < 4.78 is 0. The van der Waals surface area contributed by atoms with Gasteiger partial charge in [0.2, 0.25) is 16.9 Å². The number of nitrogens with zero attached hydrogens (tertiary/aromatic N) is 3. The molecule has 0 atom stereocenters. The van der Waals surface area contributed by atoms with Gasteiger partial charge in [-0.2, -0.15) is 0 Å². The number of anilines is 1. The highest BCUT2D eigenvalue weighted by Gasteiger charge is 2.37. The number of hydrogen-bond acceptors (Lipinski definition) is 6. The van der Waals surface area contributed by atoms with E-state index in [1.165, 1.54) is 11.3 Å². The Morgan fingerprint density at radius 3 is 2.73 bits per heavy atom. The van der Waals surface area contributed by atoms with Crippen molar-refractivity contribution in [3.8, 4) is 0 Å². The second kappa shape index (κ2) is 6.20. The van der Waals surface area contributed by atoms with Crippen LogP contribution in [0.25, 0.3) is 0 Å². The van der Waals surface area contributed by atoms with Gasteiger partial charge in [-0.1, -0.05) is 11.3 Å². The summed E-state index contributed by atoms with van der Waals surface area (Å²) in [5, 5.41) is 11.7. The van der Waals surface area contributed by atoms with Crippen LogP contribution in [0.5, 0.6) is 0 Å². The molecule has 2 aliphatic heterocycles. The molecule has 3 rings (SSSR count). The number of nitrogens with one attached hydrogen (secondary N) is 1. The SMILES string of the molecule is Nc1nnc(CC(=O)N2CCC3(CCNC(=O)CC3)CC2)s1. The average Bonchev–Trinajstić information content (AvgIpc) is 2.82. The summed E-state index contributed by atoms with van der Waals surface area (Å²) in [4.78, 5) is 25.7. The summed E-state index contributed by atoms with van der Waals surface area (Å²) >= 11 is 1.27. The maximum Gasteiger partial charge on any atom is 0.229 e. The number of amides is 2. The lowest BCUT2D eigenvalue weighted by Gasteiger charge is -2.41. The first-order chi connectivity index (χ1) is 10.6. The van der Waals surface area contributed by atoms with Crippen molar-refractivity contribution in [3.05, 3.63) is 5.01 Å². The Labute approximate surface area is 133 Å². The predicted molar refractivity (Wildman–Crippen MR) is 83.1 cm³/mol. The maximum absolute atomic E-state index is 12.3. The smallest absolute Gasteiger partial charge is 0.229 e. The van der Waals surface area contributed by atoms with Crippen LogP contribution in [0.1, 0.15) is 37.1 Å². The first-order valence-electron chi connectivity index (χ1n) is 7.69. The zero-order valence-electron chi connectivity index (χ0n) is 12.5. The molecule has 0 unspecified atom stereocenters. The number of carbonyl (C=O) groups is 2. The molecule has 0 bridgehead atoms. The second-order valence-electron chi connectivity index (χ2n) is 6.19. The van der Waals surface area contributed by atoms with E-state index in [0.29, 0.717) is 16.6 Å². The van der Waals surface area contributed by atoms with Gasteiger partial charge in [0.05, 0.1) is 6.42 Å². The van der Waals surface area contributed by atoms with E-state index in [2.05, 4.69) is 15.5 Å². The molecule has 8 heteroatoms. The lowest BCUT2D eigenvalue weighted by molar-refractivity contribution is -0.133. The number of aromatic nitrogens is 2. The second-order valence-corrected chi connectivity index (χ2v) is 7.29. The van der Waals surface area contributed by atoms with Gasteiger partial charge in [0, 0.05) is 26.1 Å². The van der Waals surface area contributed by atoms with Gasteiger partial charge in [-0.05, 0) is 31.1 Å². The fourth-order valence-electron chi connectivity index (χ4n) is 3.37. The Hall–Kier alpha value is -1.70. The fraction of sp³-hybridized carbons (Fsp3) is 0.714. The molecule has 1 aromatic heterocycles. The van der Waals surface area contributed by atoms with Crippen LogP contribution < -0.4 is 11.1 Å². The highest BCUT2D eigenvalue weighted by atomic mass is 32.1. The summed E-state index contributed by atoms with van der Waals surface area (Å²) in [6.45, 7) is 2.29. The van der Waals surface area contributed by atoms with Crippen LogP contribution >= 0.6 is 11.3 Å². The molecule has 1 aromatic rings. The molecule has 0 saturated carbocycles. The highest BCUT2D eigenvalue weighted by molar-refractivity contribution is 7.15. The number of carbonyl (C=O) groups excluding carboxylic acids is 2. The van der Waals surface area contributed by atoms with Crippen molar-refractivity contribution in [2.45, 2.75) is 38.5 Å². The molecule has 1 spiro atoms.